The second-order valence-corrected chi connectivity index (χ2v) is 7.95. The highest BCUT2D eigenvalue weighted by Crippen LogP contribution is 2.28. The van der Waals surface area contributed by atoms with Crippen LogP contribution in [0.2, 0.25) is 0 Å². The van der Waals surface area contributed by atoms with E-state index in [9.17, 15) is 4.79 Å². The van der Waals surface area contributed by atoms with E-state index < -0.39 is 0 Å². The largest absolute Gasteiger partial charge is 0.440 e. The Hall–Kier alpha value is -3.40. The quantitative estimate of drug-likeness (QED) is 0.461. The van der Waals surface area contributed by atoms with Gasteiger partial charge in [-0.3, -0.25) is 4.79 Å². The SMILES string of the molecule is O=C(c1ccc2oc(Cc3ccccc3)nc2c1)N1CCC[C@H](c2ccccc2)C1. The summed E-state index contributed by atoms with van der Waals surface area (Å²) in [7, 11) is 0. The molecule has 1 fully saturated rings. The molecule has 0 saturated carbocycles. The molecule has 1 aromatic heterocycles. The number of rotatable bonds is 4. The van der Waals surface area contributed by atoms with Gasteiger partial charge in [0.2, 0.25) is 0 Å². The lowest BCUT2D eigenvalue weighted by atomic mass is 9.90. The molecule has 0 bridgehead atoms. The number of amides is 1. The Morgan fingerprint density at radius 3 is 2.57 bits per heavy atom. The number of benzene rings is 3. The van der Waals surface area contributed by atoms with Gasteiger partial charge in [0, 0.05) is 31.0 Å². The molecule has 2 heterocycles. The molecule has 4 aromatic rings. The number of fused-ring (bicyclic) bond motifs is 1. The molecule has 0 radical (unpaired) electrons. The number of likely N-dealkylation sites (tertiary alicyclic amines) is 1. The van der Waals surface area contributed by atoms with Gasteiger partial charge in [-0.25, -0.2) is 4.98 Å². The molecular weight excluding hydrogens is 372 g/mol. The van der Waals surface area contributed by atoms with Gasteiger partial charge in [0.05, 0.1) is 0 Å². The van der Waals surface area contributed by atoms with Crippen LogP contribution >= 0.6 is 0 Å². The number of hydrogen-bond donors (Lipinski definition) is 0. The third-order valence-electron chi connectivity index (χ3n) is 5.86. The standard InChI is InChI=1S/C26H24N2O2/c29-26(28-15-7-12-22(18-28)20-10-5-2-6-11-20)21-13-14-24-23(17-21)27-25(30-24)16-19-8-3-1-4-9-19/h1-6,8-11,13-14,17,22H,7,12,15-16,18H2/t22-/m0/s1. The molecule has 1 amide bonds. The molecule has 1 aliphatic heterocycles. The van der Waals surface area contributed by atoms with Crippen LogP contribution in [-0.2, 0) is 6.42 Å². The zero-order valence-electron chi connectivity index (χ0n) is 16.8. The minimum Gasteiger partial charge on any atom is -0.440 e. The Morgan fingerprint density at radius 1 is 1.00 bits per heavy atom. The molecule has 1 saturated heterocycles. The summed E-state index contributed by atoms with van der Waals surface area (Å²) in [5, 5.41) is 0. The van der Waals surface area contributed by atoms with Crippen molar-refractivity contribution in [3.8, 4) is 0 Å². The Balaban J connectivity index is 1.34. The molecule has 4 nitrogen and oxygen atoms in total. The van der Waals surface area contributed by atoms with Crippen molar-refractivity contribution in [3.63, 3.8) is 0 Å². The number of nitrogens with zero attached hydrogens (tertiary/aromatic N) is 2. The fourth-order valence-corrected chi connectivity index (χ4v) is 4.30. The zero-order valence-corrected chi connectivity index (χ0v) is 16.8. The monoisotopic (exact) mass is 396 g/mol. The Labute approximate surface area is 176 Å². The maximum atomic E-state index is 13.2. The summed E-state index contributed by atoms with van der Waals surface area (Å²) in [4.78, 5) is 19.8. The van der Waals surface area contributed by atoms with Crippen LogP contribution in [-0.4, -0.2) is 28.9 Å². The van der Waals surface area contributed by atoms with Gasteiger partial charge in [-0.1, -0.05) is 60.7 Å². The van der Waals surface area contributed by atoms with Crippen LogP contribution in [0.25, 0.3) is 11.1 Å². The van der Waals surface area contributed by atoms with Crippen LogP contribution in [0.5, 0.6) is 0 Å². The van der Waals surface area contributed by atoms with Gasteiger partial charge in [0.1, 0.15) is 5.52 Å². The fourth-order valence-electron chi connectivity index (χ4n) is 4.30. The summed E-state index contributed by atoms with van der Waals surface area (Å²) in [6.45, 7) is 1.57. The van der Waals surface area contributed by atoms with Gasteiger partial charge >= 0.3 is 0 Å². The van der Waals surface area contributed by atoms with Crippen molar-refractivity contribution in [1.82, 2.24) is 9.88 Å². The van der Waals surface area contributed by atoms with E-state index in [1.165, 1.54) is 5.56 Å². The first-order valence-corrected chi connectivity index (χ1v) is 10.5. The van der Waals surface area contributed by atoms with Crippen molar-refractivity contribution in [1.29, 1.82) is 0 Å². The van der Waals surface area contributed by atoms with Gasteiger partial charge in [-0.2, -0.15) is 0 Å². The molecule has 0 aliphatic carbocycles. The van der Waals surface area contributed by atoms with Crippen molar-refractivity contribution in [2.24, 2.45) is 0 Å². The molecule has 4 heteroatoms. The normalized spacial score (nSPS) is 16.7. The number of aromatic nitrogens is 1. The summed E-state index contributed by atoms with van der Waals surface area (Å²) in [5.41, 5.74) is 4.60. The van der Waals surface area contributed by atoms with Crippen LogP contribution < -0.4 is 0 Å². The molecule has 150 valence electrons. The zero-order chi connectivity index (χ0) is 20.3. The maximum absolute atomic E-state index is 13.2. The second kappa shape index (κ2) is 8.15. The Morgan fingerprint density at radius 2 is 1.77 bits per heavy atom. The summed E-state index contributed by atoms with van der Waals surface area (Å²) >= 11 is 0. The lowest BCUT2D eigenvalue weighted by Crippen LogP contribution is -2.39. The third kappa shape index (κ3) is 3.86. The van der Waals surface area contributed by atoms with E-state index in [2.05, 4.69) is 41.4 Å². The van der Waals surface area contributed by atoms with E-state index >= 15 is 0 Å². The fraction of sp³-hybridized carbons (Fsp3) is 0.231. The third-order valence-corrected chi connectivity index (χ3v) is 5.86. The van der Waals surface area contributed by atoms with Crippen molar-refractivity contribution < 1.29 is 9.21 Å². The Kier molecular flexibility index (Phi) is 5.06. The average Bonchev–Trinajstić information content (AvgIpc) is 3.21. The number of oxazole rings is 1. The first kappa shape index (κ1) is 18.6. The summed E-state index contributed by atoms with van der Waals surface area (Å²) in [6.07, 6.45) is 2.79. The predicted molar refractivity (Wildman–Crippen MR) is 118 cm³/mol. The van der Waals surface area contributed by atoms with E-state index in [-0.39, 0.29) is 5.91 Å². The van der Waals surface area contributed by atoms with E-state index in [1.54, 1.807) is 0 Å². The van der Waals surface area contributed by atoms with E-state index in [0.717, 1.165) is 42.6 Å². The van der Waals surface area contributed by atoms with Crippen molar-refractivity contribution >= 4 is 17.0 Å². The van der Waals surface area contributed by atoms with Gasteiger partial charge < -0.3 is 9.32 Å². The molecule has 5 rings (SSSR count). The van der Waals surface area contributed by atoms with Crippen LogP contribution in [0.1, 0.15) is 46.1 Å². The molecule has 1 aliphatic rings. The van der Waals surface area contributed by atoms with Gasteiger partial charge in [0.25, 0.3) is 5.91 Å². The van der Waals surface area contributed by atoms with E-state index in [1.807, 2.05) is 47.4 Å². The van der Waals surface area contributed by atoms with Crippen molar-refractivity contribution in [3.05, 3.63) is 101 Å². The highest BCUT2D eigenvalue weighted by molar-refractivity contribution is 5.97. The molecule has 0 N–H and O–H groups in total. The van der Waals surface area contributed by atoms with Crippen LogP contribution in [0, 0.1) is 0 Å². The smallest absolute Gasteiger partial charge is 0.253 e. The highest BCUT2D eigenvalue weighted by Gasteiger charge is 2.25. The molecule has 0 spiro atoms. The van der Waals surface area contributed by atoms with E-state index in [4.69, 9.17) is 4.42 Å². The minimum atomic E-state index is 0.0742. The molecular formula is C26H24N2O2. The predicted octanol–water partition coefficient (Wildman–Crippen LogP) is 5.44. The molecule has 3 aromatic carbocycles. The molecule has 0 unspecified atom stereocenters. The van der Waals surface area contributed by atoms with Crippen LogP contribution in [0.4, 0.5) is 0 Å². The second-order valence-electron chi connectivity index (χ2n) is 7.95. The lowest BCUT2D eigenvalue weighted by molar-refractivity contribution is 0.0707. The summed E-state index contributed by atoms with van der Waals surface area (Å²) < 4.78 is 5.89. The first-order valence-electron chi connectivity index (χ1n) is 10.5. The highest BCUT2D eigenvalue weighted by atomic mass is 16.3. The maximum Gasteiger partial charge on any atom is 0.253 e. The number of hydrogen-bond acceptors (Lipinski definition) is 3. The number of piperidine rings is 1. The number of carbonyl (C=O) groups is 1. The Bertz CT molecular complexity index is 1150. The van der Waals surface area contributed by atoms with Crippen molar-refractivity contribution in [2.45, 2.75) is 25.2 Å². The first-order chi connectivity index (χ1) is 14.8. The summed E-state index contributed by atoms with van der Waals surface area (Å²) in [5.74, 6) is 1.14. The van der Waals surface area contributed by atoms with Crippen LogP contribution in [0.3, 0.4) is 0 Å². The number of carbonyl (C=O) groups excluding carboxylic acids is 1. The lowest BCUT2D eigenvalue weighted by Gasteiger charge is -2.33. The van der Waals surface area contributed by atoms with Crippen LogP contribution in [0.15, 0.2) is 83.3 Å². The van der Waals surface area contributed by atoms with Gasteiger partial charge in [-0.05, 0) is 42.2 Å². The van der Waals surface area contributed by atoms with Crippen molar-refractivity contribution in [2.75, 3.05) is 13.1 Å². The molecule has 30 heavy (non-hydrogen) atoms. The van der Waals surface area contributed by atoms with Gasteiger partial charge in [-0.15, -0.1) is 0 Å². The topological polar surface area (TPSA) is 46.3 Å². The van der Waals surface area contributed by atoms with Gasteiger partial charge in [0.15, 0.2) is 11.5 Å². The molecule has 1 atom stereocenters. The van der Waals surface area contributed by atoms with E-state index in [0.29, 0.717) is 23.8 Å². The average molecular weight is 396 g/mol. The summed E-state index contributed by atoms with van der Waals surface area (Å²) in [6, 6.07) is 26.2. The minimum absolute atomic E-state index is 0.0742.